The van der Waals surface area contributed by atoms with E-state index in [1.807, 2.05) is 10.9 Å². The SMILES string of the molecule is CCCn1cc(B2CC(C)(C)C(C)(C)O2)cn1. The fourth-order valence-electron chi connectivity index (χ4n) is 2.35. The lowest BCUT2D eigenvalue weighted by Gasteiger charge is -2.34. The van der Waals surface area contributed by atoms with Crippen molar-refractivity contribution in [1.82, 2.24) is 9.78 Å². The van der Waals surface area contributed by atoms with Gasteiger partial charge >= 0.3 is 6.92 Å². The van der Waals surface area contributed by atoms with E-state index >= 15 is 0 Å². The zero-order valence-corrected chi connectivity index (χ0v) is 11.7. The van der Waals surface area contributed by atoms with Gasteiger partial charge in [-0.2, -0.15) is 5.10 Å². The summed E-state index contributed by atoms with van der Waals surface area (Å²) in [6.07, 6.45) is 6.27. The molecule has 4 heteroatoms. The normalized spacial score (nSPS) is 22.1. The highest BCUT2D eigenvalue weighted by Gasteiger charge is 2.50. The first kappa shape index (κ1) is 12.7. The number of nitrogens with zero attached hydrogens (tertiary/aromatic N) is 2. The third-order valence-electron chi connectivity index (χ3n) is 4.24. The minimum Gasteiger partial charge on any atom is -0.425 e. The molecule has 3 nitrogen and oxygen atoms in total. The summed E-state index contributed by atoms with van der Waals surface area (Å²) in [5.74, 6) is 0. The van der Waals surface area contributed by atoms with Crippen molar-refractivity contribution in [2.75, 3.05) is 0 Å². The molecular formula is C13H23BN2O. The second kappa shape index (κ2) is 4.16. The Morgan fingerprint density at radius 3 is 2.65 bits per heavy atom. The molecule has 0 radical (unpaired) electrons. The summed E-state index contributed by atoms with van der Waals surface area (Å²) in [5.41, 5.74) is 1.37. The molecule has 0 bridgehead atoms. The van der Waals surface area contributed by atoms with Crippen LogP contribution in [-0.4, -0.2) is 22.3 Å². The molecule has 1 aromatic rings. The molecule has 17 heavy (non-hydrogen) atoms. The molecule has 0 saturated carbocycles. The highest BCUT2D eigenvalue weighted by atomic mass is 16.5. The summed E-state index contributed by atoms with van der Waals surface area (Å²) in [6, 6.07) is 0. The fraction of sp³-hybridized carbons (Fsp3) is 0.769. The zero-order chi connectivity index (χ0) is 12.7. The maximum absolute atomic E-state index is 6.19. The van der Waals surface area contributed by atoms with Crippen molar-refractivity contribution < 1.29 is 4.65 Å². The van der Waals surface area contributed by atoms with Crippen LogP contribution < -0.4 is 5.46 Å². The third-order valence-corrected chi connectivity index (χ3v) is 4.24. The molecule has 1 aliphatic rings. The summed E-state index contributed by atoms with van der Waals surface area (Å²) in [4.78, 5) is 0. The van der Waals surface area contributed by atoms with Crippen molar-refractivity contribution in [3.05, 3.63) is 12.4 Å². The summed E-state index contributed by atoms with van der Waals surface area (Å²) in [5, 5.41) is 4.38. The Balaban J connectivity index is 2.14. The highest BCUT2D eigenvalue weighted by Crippen LogP contribution is 2.44. The van der Waals surface area contributed by atoms with Crippen LogP contribution in [0.4, 0.5) is 0 Å². The van der Waals surface area contributed by atoms with Gasteiger partial charge in [-0.25, -0.2) is 0 Å². The third kappa shape index (κ3) is 2.28. The van der Waals surface area contributed by atoms with Gasteiger partial charge < -0.3 is 4.65 Å². The Morgan fingerprint density at radius 1 is 1.41 bits per heavy atom. The molecule has 0 N–H and O–H groups in total. The molecule has 2 rings (SSSR count). The van der Waals surface area contributed by atoms with Crippen molar-refractivity contribution in [3.63, 3.8) is 0 Å². The average molecular weight is 234 g/mol. The van der Waals surface area contributed by atoms with Crippen molar-refractivity contribution in [1.29, 1.82) is 0 Å². The fourth-order valence-corrected chi connectivity index (χ4v) is 2.35. The van der Waals surface area contributed by atoms with Crippen LogP contribution >= 0.6 is 0 Å². The molecule has 0 atom stereocenters. The van der Waals surface area contributed by atoms with E-state index in [9.17, 15) is 0 Å². The van der Waals surface area contributed by atoms with Crippen molar-refractivity contribution in [2.24, 2.45) is 5.41 Å². The number of rotatable bonds is 3. The Hall–Kier alpha value is -0.765. The second-order valence-electron chi connectivity index (χ2n) is 6.24. The van der Waals surface area contributed by atoms with Gasteiger partial charge in [0.05, 0.1) is 5.60 Å². The molecule has 1 saturated heterocycles. The van der Waals surface area contributed by atoms with Crippen LogP contribution in [0.5, 0.6) is 0 Å². The largest absolute Gasteiger partial charge is 0.425 e. The zero-order valence-electron chi connectivity index (χ0n) is 11.7. The molecule has 0 amide bonds. The average Bonchev–Trinajstić information content (AvgIpc) is 2.71. The predicted octanol–water partition coefficient (Wildman–Crippen LogP) is 2.33. The lowest BCUT2D eigenvalue weighted by Crippen LogP contribution is -2.35. The van der Waals surface area contributed by atoms with E-state index < -0.39 is 0 Å². The van der Waals surface area contributed by atoms with Gasteiger partial charge in [0, 0.05) is 18.9 Å². The molecule has 2 heterocycles. The summed E-state index contributed by atoms with van der Waals surface area (Å²) in [7, 11) is 0. The van der Waals surface area contributed by atoms with Crippen LogP contribution in [0.2, 0.25) is 6.32 Å². The van der Waals surface area contributed by atoms with Gasteiger partial charge in [0.25, 0.3) is 0 Å². The molecule has 94 valence electrons. The highest BCUT2D eigenvalue weighted by molar-refractivity contribution is 6.68. The predicted molar refractivity (Wildman–Crippen MR) is 71.7 cm³/mol. The van der Waals surface area contributed by atoms with Crippen LogP contribution in [0, 0.1) is 5.41 Å². The van der Waals surface area contributed by atoms with E-state index in [1.165, 1.54) is 5.46 Å². The van der Waals surface area contributed by atoms with Crippen LogP contribution in [0.1, 0.15) is 41.0 Å². The minimum atomic E-state index is -0.0650. The van der Waals surface area contributed by atoms with Crippen molar-refractivity contribution in [3.8, 4) is 0 Å². The molecule has 0 aromatic carbocycles. The van der Waals surface area contributed by atoms with Gasteiger partial charge in [0.15, 0.2) is 0 Å². The van der Waals surface area contributed by atoms with Crippen LogP contribution in [0.25, 0.3) is 0 Å². The Labute approximate surface area is 105 Å². The Kier molecular flexibility index (Phi) is 3.11. The van der Waals surface area contributed by atoms with Crippen LogP contribution in [0.15, 0.2) is 12.4 Å². The molecule has 1 aliphatic heterocycles. The molecule has 0 aliphatic carbocycles. The molecule has 0 unspecified atom stereocenters. The quantitative estimate of drug-likeness (QED) is 0.750. The van der Waals surface area contributed by atoms with Crippen molar-refractivity contribution >= 4 is 12.4 Å². The second-order valence-corrected chi connectivity index (χ2v) is 6.24. The standard InChI is InChI=1S/C13H23BN2O/c1-6-7-16-9-11(8-15-16)14-10-12(2,3)13(4,5)17-14/h8-9H,6-7,10H2,1-5H3. The summed E-state index contributed by atoms with van der Waals surface area (Å²) >= 11 is 0. The molecule has 1 fully saturated rings. The van der Waals surface area contributed by atoms with E-state index in [0.717, 1.165) is 19.3 Å². The first-order valence-corrected chi connectivity index (χ1v) is 6.56. The van der Waals surface area contributed by atoms with Crippen LogP contribution in [0.3, 0.4) is 0 Å². The van der Waals surface area contributed by atoms with E-state index in [1.54, 1.807) is 0 Å². The maximum atomic E-state index is 6.19. The number of hydrogen-bond acceptors (Lipinski definition) is 2. The van der Waals surface area contributed by atoms with Crippen LogP contribution in [-0.2, 0) is 11.2 Å². The van der Waals surface area contributed by atoms with Gasteiger partial charge in [-0.15, -0.1) is 0 Å². The molecule has 1 aromatic heterocycles. The Bertz CT molecular complexity index is 382. The maximum Gasteiger partial charge on any atom is 0.331 e. The number of hydrogen-bond donors (Lipinski definition) is 0. The first-order valence-electron chi connectivity index (χ1n) is 6.56. The first-order chi connectivity index (χ1) is 7.86. The number of aromatic nitrogens is 2. The summed E-state index contributed by atoms with van der Waals surface area (Å²) < 4.78 is 8.20. The topological polar surface area (TPSA) is 27.1 Å². The van der Waals surface area contributed by atoms with Crippen molar-refractivity contribution in [2.45, 2.75) is 59.5 Å². The van der Waals surface area contributed by atoms with E-state index in [2.05, 4.69) is 45.9 Å². The smallest absolute Gasteiger partial charge is 0.331 e. The minimum absolute atomic E-state index is 0.0650. The lowest BCUT2D eigenvalue weighted by molar-refractivity contribution is 0.0375. The van der Waals surface area contributed by atoms with Gasteiger partial charge in [-0.05, 0) is 37.5 Å². The summed E-state index contributed by atoms with van der Waals surface area (Å²) in [6.45, 7) is 12.3. The number of aryl methyl sites for hydroxylation is 1. The Morgan fingerprint density at radius 2 is 2.12 bits per heavy atom. The molecule has 0 spiro atoms. The van der Waals surface area contributed by atoms with E-state index in [0.29, 0.717) is 0 Å². The van der Waals surface area contributed by atoms with E-state index in [4.69, 9.17) is 4.65 Å². The lowest BCUT2D eigenvalue weighted by atomic mass is 9.55. The van der Waals surface area contributed by atoms with Gasteiger partial charge in [-0.1, -0.05) is 20.8 Å². The van der Waals surface area contributed by atoms with E-state index in [-0.39, 0.29) is 17.9 Å². The van der Waals surface area contributed by atoms with Gasteiger partial charge in [-0.3, -0.25) is 4.68 Å². The van der Waals surface area contributed by atoms with Gasteiger partial charge in [0.1, 0.15) is 0 Å². The monoisotopic (exact) mass is 234 g/mol. The molecular weight excluding hydrogens is 211 g/mol. The van der Waals surface area contributed by atoms with Gasteiger partial charge in [0.2, 0.25) is 0 Å².